The van der Waals surface area contributed by atoms with Gasteiger partial charge in [-0.25, -0.2) is 0 Å². The van der Waals surface area contributed by atoms with Gasteiger partial charge in [0.2, 0.25) is 0 Å². The number of hydrogen-bond donors (Lipinski definition) is 1. The summed E-state index contributed by atoms with van der Waals surface area (Å²) < 4.78 is 0. The van der Waals surface area contributed by atoms with Gasteiger partial charge in [-0.2, -0.15) is 0 Å². The van der Waals surface area contributed by atoms with Crippen LogP contribution in [-0.2, 0) is 0 Å². The van der Waals surface area contributed by atoms with E-state index in [0.29, 0.717) is 6.04 Å². The third-order valence-corrected chi connectivity index (χ3v) is 3.36. The first kappa shape index (κ1) is 12.0. The average molecular weight is 198 g/mol. The van der Waals surface area contributed by atoms with E-state index in [-0.39, 0.29) is 0 Å². The van der Waals surface area contributed by atoms with Crippen LogP contribution in [0.1, 0.15) is 45.4 Å². The quantitative estimate of drug-likeness (QED) is 0.709. The highest BCUT2D eigenvalue weighted by Gasteiger charge is 2.15. The fraction of sp³-hybridized carbons (Fsp3) is 1.00. The van der Waals surface area contributed by atoms with Crippen LogP contribution in [0.5, 0.6) is 0 Å². The second-order valence-corrected chi connectivity index (χ2v) is 5.01. The summed E-state index contributed by atoms with van der Waals surface area (Å²) >= 11 is 0. The minimum atomic E-state index is 0.351. The molecule has 0 aromatic carbocycles. The van der Waals surface area contributed by atoms with Crippen molar-refractivity contribution >= 4 is 0 Å². The molecule has 0 aromatic heterocycles. The highest BCUT2D eigenvalue weighted by molar-refractivity contribution is 4.69. The van der Waals surface area contributed by atoms with Crippen LogP contribution < -0.4 is 5.73 Å². The summed E-state index contributed by atoms with van der Waals surface area (Å²) in [6.45, 7) is 4.51. The minimum absolute atomic E-state index is 0.351. The van der Waals surface area contributed by atoms with Crippen LogP contribution in [0.3, 0.4) is 0 Å². The van der Waals surface area contributed by atoms with Gasteiger partial charge in [0.25, 0.3) is 0 Å². The highest BCUT2D eigenvalue weighted by atomic mass is 15.1. The van der Waals surface area contributed by atoms with Crippen molar-refractivity contribution in [2.75, 3.05) is 20.1 Å². The Morgan fingerprint density at radius 2 is 1.93 bits per heavy atom. The van der Waals surface area contributed by atoms with Crippen molar-refractivity contribution in [3.05, 3.63) is 0 Å². The predicted octanol–water partition coefficient (Wildman–Crippen LogP) is 2.24. The molecule has 0 radical (unpaired) electrons. The standard InChI is InChI=1S/C12H26N2/c1-11(13)7-9-14(2)10-8-12-5-3-4-6-12/h11-12H,3-10,13H2,1-2H3. The lowest BCUT2D eigenvalue weighted by atomic mass is 10.0. The second kappa shape index (κ2) is 6.41. The second-order valence-electron chi connectivity index (χ2n) is 5.01. The van der Waals surface area contributed by atoms with E-state index in [1.807, 2.05) is 0 Å². The van der Waals surface area contributed by atoms with E-state index in [9.17, 15) is 0 Å². The lowest BCUT2D eigenvalue weighted by Crippen LogP contribution is -2.27. The molecule has 1 aliphatic rings. The Hall–Kier alpha value is -0.0800. The fourth-order valence-electron chi connectivity index (χ4n) is 2.24. The van der Waals surface area contributed by atoms with Crippen molar-refractivity contribution < 1.29 is 0 Å². The molecule has 1 fully saturated rings. The molecule has 0 heterocycles. The van der Waals surface area contributed by atoms with Crippen LogP contribution in [0, 0.1) is 5.92 Å². The molecule has 1 unspecified atom stereocenters. The van der Waals surface area contributed by atoms with Crippen molar-refractivity contribution in [3.8, 4) is 0 Å². The Morgan fingerprint density at radius 1 is 1.29 bits per heavy atom. The molecule has 0 spiro atoms. The molecule has 84 valence electrons. The summed E-state index contributed by atoms with van der Waals surface area (Å²) in [6, 6.07) is 0.351. The summed E-state index contributed by atoms with van der Waals surface area (Å²) in [4.78, 5) is 2.43. The van der Waals surface area contributed by atoms with Gasteiger partial charge in [0.05, 0.1) is 0 Å². The normalized spacial score (nSPS) is 20.6. The first-order valence-corrected chi connectivity index (χ1v) is 6.12. The average Bonchev–Trinajstić information content (AvgIpc) is 2.63. The van der Waals surface area contributed by atoms with Crippen LogP contribution in [0.15, 0.2) is 0 Å². The van der Waals surface area contributed by atoms with Crippen LogP contribution >= 0.6 is 0 Å². The maximum atomic E-state index is 5.73. The molecular formula is C12H26N2. The zero-order valence-electron chi connectivity index (χ0n) is 9.84. The van der Waals surface area contributed by atoms with Gasteiger partial charge in [-0.1, -0.05) is 25.7 Å². The zero-order valence-corrected chi connectivity index (χ0v) is 9.84. The molecule has 1 saturated carbocycles. The highest BCUT2D eigenvalue weighted by Crippen LogP contribution is 2.27. The Labute approximate surface area is 88.8 Å². The van der Waals surface area contributed by atoms with Gasteiger partial charge in [0, 0.05) is 6.04 Å². The van der Waals surface area contributed by atoms with Crippen molar-refractivity contribution in [1.82, 2.24) is 4.90 Å². The van der Waals surface area contributed by atoms with E-state index in [1.165, 1.54) is 38.6 Å². The van der Waals surface area contributed by atoms with Gasteiger partial charge in [-0.3, -0.25) is 0 Å². The number of hydrogen-bond acceptors (Lipinski definition) is 2. The molecule has 0 bridgehead atoms. The smallest absolute Gasteiger partial charge is 0.00226 e. The summed E-state index contributed by atoms with van der Waals surface area (Å²) in [5.41, 5.74) is 5.73. The molecular weight excluding hydrogens is 172 g/mol. The SMILES string of the molecule is CC(N)CCN(C)CCC1CCCC1. The van der Waals surface area contributed by atoms with Gasteiger partial charge in [-0.05, 0) is 45.8 Å². The van der Waals surface area contributed by atoms with E-state index in [2.05, 4.69) is 18.9 Å². The topological polar surface area (TPSA) is 29.3 Å². The fourth-order valence-corrected chi connectivity index (χ4v) is 2.24. The molecule has 1 atom stereocenters. The van der Waals surface area contributed by atoms with Gasteiger partial charge >= 0.3 is 0 Å². The number of nitrogens with zero attached hydrogens (tertiary/aromatic N) is 1. The minimum Gasteiger partial charge on any atom is -0.328 e. The third-order valence-electron chi connectivity index (χ3n) is 3.36. The molecule has 2 N–H and O–H groups in total. The summed E-state index contributed by atoms with van der Waals surface area (Å²) in [5.74, 6) is 1.02. The van der Waals surface area contributed by atoms with Gasteiger partial charge < -0.3 is 10.6 Å². The monoisotopic (exact) mass is 198 g/mol. The lowest BCUT2D eigenvalue weighted by molar-refractivity contribution is 0.291. The molecule has 0 aromatic rings. The van der Waals surface area contributed by atoms with Crippen LogP contribution in [0.2, 0.25) is 0 Å². The molecule has 14 heavy (non-hydrogen) atoms. The molecule has 0 amide bonds. The Bertz CT molecular complexity index is 139. The van der Waals surface area contributed by atoms with E-state index >= 15 is 0 Å². The van der Waals surface area contributed by atoms with Crippen molar-refractivity contribution in [2.45, 2.75) is 51.5 Å². The van der Waals surface area contributed by atoms with E-state index in [0.717, 1.165) is 18.9 Å². The van der Waals surface area contributed by atoms with Crippen LogP contribution in [0.4, 0.5) is 0 Å². The lowest BCUT2D eigenvalue weighted by Gasteiger charge is -2.19. The summed E-state index contributed by atoms with van der Waals surface area (Å²) in [5, 5.41) is 0. The molecule has 0 aliphatic heterocycles. The third kappa shape index (κ3) is 4.97. The number of nitrogens with two attached hydrogens (primary N) is 1. The molecule has 1 rings (SSSR count). The van der Waals surface area contributed by atoms with Gasteiger partial charge in [-0.15, -0.1) is 0 Å². The predicted molar refractivity (Wildman–Crippen MR) is 62.3 cm³/mol. The van der Waals surface area contributed by atoms with Gasteiger partial charge in [0.15, 0.2) is 0 Å². The van der Waals surface area contributed by atoms with Crippen molar-refractivity contribution in [1.29, 1.82) is 0 Å². The van der Waals surface area contributed by atoms with Crippen LogP contribution in [-0.4, -0.2) is 31.1 Å². The van der Waals surface area contributed by atoms with Crippen molar-refractivity contribution in [2.24, 2.45) is 11.7 Å². The Balaban J connectivity index is 1.99. The van der Waals surface area contributed by atoms with E-state index < -0.39 is 0 Å². The maximum absolute atomic E-state index is 5.73. The maximum Gasteiger partial charge on any atom is 0.00226 e. The first-order chi connectivity index (χ1) is 6.68. The van der Waals surface area contributed by atoms with Gasteiger partial charge in [0.1, 0.15) is 0 Å². The molecule has 2 nitrogen and oxygen atoms in total. The Morgan fingerprint density at radius 3 is 2.50 bits per heavy atom. The summed E-state index contributed by atoms with van der Waals surface area (Å²) in [7, 11) is 2.22. The van der Waals surface area contributed by atoms with E-state index in [4.69, 9.17) is 5.73 Å². The first-order valence-electron chi connectivity index (χ1n) is 6.12. The largest absolute Gasteiger partial charge is 0.328 e. The summed E-state index contributed by atoms with van der Waals surface area (Å²) in [6.07, 6.45) is 8.40. The molecule has 0 saturated heterocycles. The Kier molecular flexibility index (Phi) is 5.49. The van der Waals surface area contributed by atoms with E-state index in [1.54, 1.807) is 0 Å². The zero-order chi connectivity index (χ0) is 10.4. The molecule has 1 aliphatic carbocycles. The van der Waals surface area contributed by atoms with Crippen molar-refractivity contribution in [3.63, 3.8) is 0 Å². The van der Waals surface area contributed by atoms with Crippen LogP contribution in [0.25, 0.3) is 0 Å². The molecule has 2 heteroatoms. The number of rotatable bonds is 6.